The monoisotopic (exact) mass is 406 g/mol. The van der Waals surface area contributed by atoms with Gasteiger partial charge in [-0.3, -0.25) is 4.79 Å². The highest BCUT2D eigenvalue weighted by Gasteiger charge is 2.19. The number of nitriles is 1. The molecule has 0 spiro atoms. The number of amides is 3. The van der Waals surface area contributed by atoms with Crippen LogP contribution in [0.1, 0.15) is 22.0 Å². The van der Waals surface area contributed by atoms with Gasteiger partial charge in [-0.2, -0.15) is 5.26 Å². The zero-order valence-corrected chi connectivity index (χ0v) is 15.5. The Labute approximate surface area is 171 Å². The predicted octanol–water partition coefficient (Wildman–Crippen LogP) is 4.60. The molecule has 0 aromatic heterocycles. The number of nitrogens with zero attached hydrogens (tertiary/aromatic N) is 1. The Morgan fingerprint density at radius 2 is 1.50 bits per heavy atom. The Balaban J connectivity index is 1.63. The number of rotatable bonds is 5. The van der Waals surface area contributed by atoms with Gasteiger partial charge in [-0.1, -0.05) is 24.3 Å². The molecule has 3 rings (SSSR count). The molecule has 0 saturated carbocycles. The van der Waals surface area contributed by atoms with Gasteiger partial charge in [0.05, 0.1) is 6.07 Å². The fraction of sp³-hybridized carbons (Fsp3) is 0.0455. The zero-order valence-electron chi connectivity index (χ0n) is 15.5. The van der Waals surface area contributed by atoms with Crippen LogP contribution in [0.2, 0.25) is 0 Å². The van der Waals surface area contributed by atoms with E-state index in [1.165, 1.54) is 24.3 Å². The number of urea groups is 1. The summed E-state index contributed by atoms with van der Waals surface area (Å²) in [6, 6.07) is 17.6. The van der Waals surface area contributed by atoms with E-state index < -0.39 is 29.6 Å². The number of halogens is 2. The molecule has 0 aliphatic carbocycles. The molecule has 1 unspecified atom stereocenters. The average Bonchev–Trinajstić information content (AvgIpc) is 2.73. The summed E-state index contributed by atoms with van der Waals surface area (Å²) in [5.74, 6) is -2.32. The van der Waals surface area contributed by atoms with Crippen molar-refractivity contribution in [1.29, 1.82) is 5.26 Å². The summed E-state index contributed by atoms with van der Waals surface area (Å²) in [5.41, 5.74) is 1.14. The van der Waals surface area contributed by atoms with Crippen molar-refractivity contribution in [3.63, 3.8) is 0 Å². The predicted molar refractivity (Wildman–Crippen MR) is 108 cm³/mol. The normalized spacial score (nSPS) is 11.1. The molecule has 0 heterocycles. The van der Waals surface area contributed by atoms with Gasteiger partial charge in [-0.25, -0.2) is 13.6 Å². The van der Waals surface area contributed by atoms with Crippen molar-refractivity contribution in [3.8, 4) is 6.07 Å². The van der Waals surface area contributed by atoms with Crippen molar-refractivity contribution in [3.05, 3.63) is 95.6 Å². The fourth-order valence-electron chi connectivity index (χ4n) is 2.65. The van der Waals surface area contributed by atoms with Gasteiger partial charge in [-0.15, -0.1) is 0 Å². The molecule has 0 aliphatic rings. The molecule has 0 bridgehead atoms. The quantitative estimate of drug-likeness (QED) is 0.578. The molecular formula is C22H16F2N4O2. The molecule has 3 aromatic carbocycles. The molecule has 3 N–H and O–H groups in total. The minimum Gasteiger partial charge on any atom is -0.332 e. The second-order valence-electron chi connectivity index (χ2n) is 6.22. The molecule has 0 fully saturated rings. The Hall–Kier alpha value is -4.25. The van der Waals surface area contributed by atoms with Crippen molar-refractivity contribution in [2.24, 2.45) is 0 Å². The van der Waals surface area contributed by atoms with Crippen molar-refractivity contribution in [2.45, 2.75) is 6.04 Å². The van der Waals surface area contributed by atoms with E-state index in [1.807, 2.05) is 6.07 Å². The number of anilines is 2. The summed E-state index contributed by atoms with van der Waals surface area (Å²) in [6.45, 7) is 0. The van der Waals surface area contributed by atoms with Gasteiger partial charge >= 0.3 is 6.03 Å². The lowest BCUT2D eigenvalue weighted by molar-refractivity contribution is 0.0944. The number of nitrogens with one attached hydrogen (secondary N) is 3. The molecule has 3 aromatic rings. The SMILES string of the molecule is N#CC(NC(=O)c1ccc(NC(=O)Nc2ccccc2)cc1)c1ccc(F)cc1F. The van der Waals surface area contributed by atoms with Crippen LogP contribution in [0.3, 0.4) is 0 Å². The van der Waals surface area contributed by atoms with Crippen molar-refractivity contribution in [1.82, 2.24) is 5.32 Å². The van der Waals surface area contributed by atoms with Gasteiger partial charge in [0.1, 0.15) is 17.7 Å². The van der Waals surface area contributed by atoms with E-state index in [9.17, 15) is 23.6 Å². The molecule has 8 heteroatoms. The van der Waals surface area contributed by atoms with Crippen molar-refractivity contribution in [2.75, 3.05) is 10.6 Å². The molecule has 30 heavy (non-hydrogen) atoms. The highest BCUT2D eigenvalue weighted by Crippen LogP contribution is 2.19. The summed E-state index contributed by atoms with van der Waals surface area (Å²) in [4.78, 5) is 24.4. The van der Waals surface area contributed by atoms with E-state index >= 15 is 0 Å². The topological polar surface area (TPSA) is 94.0 Å². The molecule has 150 valence electrons. The summed E-state index contributed by atoms with van der Waals surface area (Å²) in [6.07, 6.45) is 0. The van der Waals surface area contributed by atoms with E-state index in [0.717, 1.165) is 12.1 Å². The van der Waals surface area contributed by atoms with Crippen LogP contribution in [0.5, 0.6) is 0 Å². The van der Waals surface area contributed by atoms with Crippen LogP contribution in [0.25, 0.3) is 0 Å². The smallest absolute Gasteiger partial charge is 0.323 e. The number of para-hydroxylation sites is 1. The van der Waals surface area contributed by atoms with Crippen LogP contribution in [0, 0.1) is 23.0 Å². The molecule has 0 aliphatic heterocycles. The average molecular weight is 406 g/mol. The summed E-state index contributed by atoms with van der Waals surface area (Å²) >= 11 is 0. The van der Waals surface area contributed by atoms with Crippen molar-refractivity contribution >= 4 is 23.3 Å². The van der Waals surface area contributed by atoms with Crippen LogP contribution < -0.4 is 16.0 Å². The number of carbonyl (C=O) groups excluding carboxylic acids is 2. The Kier molecular flexibility index (Phi) is 6.35. The first-order chi connectivity index (χ1) is 14.5. The Morgan fingerprint density at radius 3 is 2.10 bits per heavy atom. The number of hydrogen-bond donors (Lipinski definition) is 3. The van der Waals surface area contributed by atoms with E-state index in [-0.39, 0.29) is 11.1 Å². The third-order valence-electron chi connectivity index (χ3n) is 4.11. The number of benzene rings is 3. The van der Waals surface area contributed by atoms with Gasteiger partial charge in [0.25, 0.3) is 5.91 Å². The highest BCUT2D eigenvalue weighted by atomic mass is 19.1. The van der Waals surface area contributed by atoms with Gasteiger partial charge in [0.2, 0.25) is 0 Å². The first kappa shape index (κ1) is 20.5. The summed E-state index contributed by atoms with van der Waals surface area (Å²) in [7, 11) is 0. The molecule has 0 saturated heterocycles. The molecular weight excluding hydrogens is 390 g/mol. The third kappa shape index (κ3) is 5.17. The third-order valence-corrected chi connectivity index (χ3v) is 4.11. The number of hydrogen-bond acceptors (Lipinski definition) is 3. The summed E-state index contributed by atoms with van der Waals surface area (Å²) in [5, 5.41) is 16.9. The molecule has 3 amide bonds. The summed E-state index contributed by atoms with van der Waals surface area (Å²) < 4.78 is 26.9. The van der Waals surface area contributed by atoms with Crippen LogP contribution in [-0.4, -0.2) is 11.9 Å². The van der Waals surface area contributed by atoms with Gasteiger partial charge in [0.15, 0.2) is 0 Å². The lowest BCUT2D eigenvalue weighted by atomic mass is 10.1. The van der Waals surface area contributed by atoms with E-state index in [4.69, 9.17) is 0 Å². The van der Waals surface area contributed by atoms with E-state index in [2.05, 4.69) is 16.0 Å². The highest BCUT2D eigenvalue weighted by molar-refractivity contribution is 6.00. The fourth-order valence-corrected chi connectivity index (χ4v) is 2.65. The van der Waals surface area contributed by atoms with Crippen molar-refractivity contribution < 1.29 is 18.4 Å². The van der Waals surface area contributed by atoms with E-state index in [0.29, 0.717) is 17.4 Å². The largest absolute Gasteiger partial charge is 0.332 e. The molecule has 0 radical (unpaired) electrons. The Bertz CT molecular complexity index is 1100. The van der Waals surface area contributed by atoms with Gasteiger partial charge in [0, 0.05) is 28.6 Å². The maximum absolute atomic E-state index is 13.9. The minimum absolute atomic E-state index is 0.136. The second-order valence-corrected chi connectivity index (χ2v) is 6.22. The molecule has 1 atom stereocenters. The second kappa shape index (κ2) is 9.30. The standard InChI is InChI=1S/C22H16F2N4O2/c23-15-8-11-18(19(24)12-15)20(13-25)28-21(29)14-6-9-17(10-7-14)27-22(30)26-16-4-2-1-3-5-16/h1-12,20H,(H,28,29)(H2,26,27,30). The van der Waals surface area contributed by atoms with E-state index in [1.54, 1.807) is 30.3 Å². The number of carbonyl (C=O) groups is 2. The first-order valence-corrected chi connectivity index (χ1v) is 8.85. The first-order valence-electron chi connectivity index (χ1n) is 8.85. The van der Waals surface area contributed by atoms with Crippen LogP contribution >= 0.6 is 0 Å². The lowest BCUT2D eigenvalue weighted by Crippen LogP contribution is -2.28. The Morgan fingerprint density at radius 1 is 0.867 bits per heavy atom. The lowest BCUT2D eigenvalue weighted by Gasteiger charge is -2.13. The van der Waals surface area contributed by atoms with Gasteiger partial charge < -0.3 is 16.0 Å². The van der Waals surface area contributed by atoms with Crippen LogP contribution in [-0.2, 0) is 0 Å². The maximum Gasteiger partial charge on any atom is 0.323 e. The van der Waals surface area contributed by atoms with Gasteiger partial charge in [-0.05, 0) is 42.5 Å². The molecule has 6 nitrogen and oxygen atoms in total. The van der Waals surface area contributed by atoms with Crippen LogP contribution in [0.15, 0.2) is 72.8 Å². The minimum atomic E-state index is -1.28. The zero-order chi connectivity index (χ0) is 21.5. The maximum atomic E-state index is 13.9. The van der Waals surface area contributed by atoms with Crippen LogP contribution in [0.4, 0.5) is 25.0 Å².